The van der Waals surface area contributed by atoms with Crippen molar-refractivity contribution < 1.29 is 10.2 Å². The van der Waals surface area contributed by atoms with Crippen molar-refractivity contribution in [2.24, 2.45) is 51.2 Å². The first kappa shape index (κ1) is 24.8. The van der Waals surface area contributed by atoms with E-state index < -0.39 is 0 Å². The molecule has 32 heavy (non-hydrogen) atoms. The van der Waals surface area contributed by atoms with Gasteiger partial charge in [0.15, 0.2) is 0 Å². The number of hydrogen-bond acceptors (Lipinski definition) is 2. The van der Waals surface area contributed by atoms with Gasteiger partial charge in [-0.05, 0) is 123 Å². The average molecular weight is 445 g/mol. The van der Waals surface area contributed by atoms with Gasteiger partial charge in [0.1, 0.15) is 0 Å². The van der Waals surface area contributed by atoms with Crippen LogP contribution in [0.4, 0.5) is 0 Å². The van der Waals surface area contributed by atoms with Gasteiger partial charge in [0.2, 0.25) is 0 Å². The number of aliphatic hydroxyl groups is 2. The zero-order chi connectivity index (χ0) is 23.7. The van der Waals surface area contributed by atoms with Gasteiger partial charge < -0.3 is 10.2 Å². The minimum atomic E-state index is -0.181. The summed E-state index contributed by atoms with van der Waals surface area (Å²) in [7, 11) is 0. The maximum atomic E-state index is 11.8. The summed E-state index contributed by atoms with van der Waals surface area (Å²) in [6.45, 7) is 19.2. The predicted molar refractivity (Wildman–Crippen MR) is 134 cm³/mol. The molecule has 2 nitrogen and oxygen atoms in total. The molecule has 4 fully saturated rings. The van der Waals surface area contributed by atoms with Crippen LogP contribution >= 0.6 is 0 Å². The first-order valence-electron chi connectivity index (χ1n) is 13.8. The third-order valence-corrected chi connectivity index (χ3v) is 12.3. The van der Waals surface area contributed by atoms with Gasteiger partial charge in [-0.25, -0.2) is 0 Å². The second-order valence-electron chi connectivity index (χ2n) is 14.2. The van der Waals surface area contributed by atoms with Crippen molar-refractivity contribution in [1.82, 2.24) is 0 Å². The predicted octanol–water partition coefficient (Wildman–Crippen LogP) is 7.39. The Labute approximate surface area is 198 Å². The quantitative estimate of drug-likeness (QED) is 0.444. The summed E-state index contributed by atoms with van der Waals surface area (Å²) in [6.07, 6.45) is 12.6. The second kappa shape index (κ2) is 8.11. The van der Waals surface area contributed by atoms with Crippen molar-refractivity contribution >= 4 is 0 Å². The van der Waals surface area contributed by atoms with E-state index in [2.05, 4.69) is 61.5 Å². The Morgan fingerprint density at radius 1 is 0.906 bits per heavy atom. The van der Waals surface area contributed by atoms with Crippen LogP contribution in [0.1, 0.15) is 113 Å². The van der Waals surface area contributed by atoms with Gasteiger partial charge in [-0.2, -0.15) is 0 Å². The normalized spacial score (nSPS) is 50.7. The highest BCUT2D eigenvalue weighted by molar-refractivity contribution is 5.19. The summed E-state index contributed by atoms with van der Waals surface area (Å²) in [5, 5.41) is 22.6. The van der Waals surface area contributed by atoms with Crippen molar-refractivity contribution in [3.8, 4) is 0 Å². The molecule has 4 aliphatic carbocycles. The molecule has 4 saturated carbocycles. The number of allylic oxidation sites excluding steroid dienone is 2. The monoisotopic (exact) mass is 444 g/mol. The Bertz CT molecular complexity index is 735. The molecule has 0 amide bonds. The molecule has 4 aliphatic rings. The van der Waals surface area contributed by atoms with Crippen LogP contribution in [-0.2, 0) is 0 Å². The van der Waals surface area contributed by atoms with Gasteiger partial charge in [-0.3, -0.25) is 0 Å². The van der Waals surface area contributed by atoms with Crippen LogP contribution in [0.15, 0.2) is 11.6 Å². The second-order valence-corrected chi connectivity index (χ2v) is 14.2. The minimum absolute atomic E-state index is 0.0192. The fourth-order valence-corrected chi connectivity index (χ4v) is 10.3. The highest BCUT2D eigenvalue weighted by Gasteiger charge is 2.70. The van der Waals surface area contributed by atoms with Crippen molar-refractivity contribution in [2.75, 3.05) is 0 Å². The Morgan fingerprint density at radius 3 is 2.22 bits per heavy atom. The molecule has 184 valence electrons. The standard InChI is InChI=1S/C30H52O2/c1-19(2)10-9-11-20(3)21-12-16-30(8)26(21)22(31)18-24-28(6)15-14-25(32)27(4,5)23(28)13-17-29(24,30)7/h10,20-26,31-32H,9,11-18H2,1-8H3/t20-,21-,22-,23+,24-,25+,26+,28+,29-,30-/m1/s1. The number of fused-ring (bicyclic) bond motifs is 5. The molecule has 0 spiro atoms. The Hall–Kier alpha value is -0.340. The maximum Gasteiger partial charge on any atom is 0.0594 e. The van der Waals surface area contributed by atoms with E-state index in [1.165, 1.54) is 44.1 Å². The molecule has 0 aromatic rings. The van der Waals surface area contributed by atoms with E-state index in [9.17, 15) is 10.2 Å². The Kier molecular flexibility index (Phi) is 6.28. The molecule has 0 aromatic carbocycles. The van der Waals surface area contributed by atoms with Gasteiger partial charge in [-0.15, -0.1) is 0 Å². The van der Waals surface area contributed by atoms with Gasteiger partial charge in [-0.1, -0.05) is 53.2 Å². The highest BCUT2D eigenvalue weighted by Crippen LogP contribution is 2.75. The Morgan fingerprint density at radius 2 is 1.56 bits per heavy atom. The molecule has 0 bridgehead atoms. The molecule has 2 N–H and O–H groups in total. The van der Waals surface area contributed by atoms with E-state index in [-0.39, 0.29) is 28.5 Å². The lowest BCUT2D eigenvalue weighted by atomic mass is 9.35. The van der Waals surface area contributed by atoms with Crippen LogP contribution in [0, 0.1) is 51.2 Å². The van der Waals surface area contributed by atoms with Crippen LogP contribution < -0.4 is 0 Å². The largest absolute Gasteiger partial charge is 0.393 e. The van der Waals surface area contributed by atoms with Gasteiger partial charge >= 0.3 is 0 Å². The molecular weight excluding hydrogens is 392 g/mol. The lowest BCUT2D eigenvalue weighted by Crippen LogP contribution is -2.66. The zero-order valence-corrected chi connectivity index (χ0v) is 22.4. The first-order valence-corrected chi connectivity index (χ1v) is 13.8. The van der Waals surface area contributed by atoms with Crippen molar-refractivity contribution in [2.45, 2.75) is 125 Å². The zero-order valence-electron chi connectivity index (χ0n) is 22.4. The van der Waals surface area contributed by atoms with Crippen molar-refractivity contribution in [3.05, 3.63) is 11.6 Å². The van der Waals surface area contributed by atoms with Crippen molar-refractivity contribution in [3.63, 3.8) is 0 Å². The lowest BCUT2D eigenvalue weighted by molar-refractivity contribution is -0.242. The third kappa shape index (κ3) is 3.40. The highest BCUT2D eigenvalue weighted by atomic mass is 16.3. The maximum absolute atomic E-state index is 11.8. The van der Waals surface area contributed by atoms with E-state index in [4.69, 9.17) is 0 Å². The van der Waals surface area contributed by atoms with Crippen LogP contribution in [0.25, 0.3) is 0 Å². The summed E-state index contributed by atoms with van der Waals surface area (Å²) in [4.78, 5) is 0. The molecule has 0 heterocycles. The molecule has 0 unspecified atom stereocenters. The molecule has 0 aliphatic heterocycles. The SMILES string of the molecule is CC(C)=CCC[C@@H](C)[C@H]1CC[C@]2(C)[C@@H]1[C@H](O)C[C@@H]1[C@@]3(C)CC[C@H](O)C(C)(C)[C@@H]3CC[C@]12C. The molecule has 2 heteroatoms. The summed E-state index contributed by atoms with van der Waals surface area (Å²) >= 11 is 0. The molecule has 0 saturated heterocycles. The summed E-state index contributed by atoms with van der Waals surface area (Å²) in [5.74, 6) is 2.92. The first-order chi connectivity index (χ1) is 14.8. The van der Waals surface area contributed by atoms with Crippen molar-refractivity contribution in [1.29, 1.82) is 0 Å². The van der Waals surface area contributed by atoms with Gasteiger partial charge in [0.05, 0.1) is 12.2 Å². The topological polar surface area (TPSA) is 40.5 Å². The number of aliphatic hydroxyl groups excluding tert-OH is 2. The van der Waals surface area contributed by atoms with E-state index >= 15 is 0 Å². The Balaban J connectivity index is 1.63. The lowest BCUT2D eigenvalue weighted by Gasteiger charge is -2.70. The van der Waals surface area contributed by atoms with E-state index in [0.717, 1.165) is 19.3 Å². The smallest absolute Gasteiger partial charge is 0.0594 e. The van der Waals surface area contributed by atoms with E-state index in [0.29, 0.717) is 35.0 Å². The van der Waals surface area contributed by atoms with E-state index in [1.54, 1.807) is 0 Å². The van der Waals surface area contributed by atoms with Gasteiger partial charge in [0.25, 0.3) is 0 Å². The average Bonchev–Trinajstić information content (AvgIpc) is 3.07. The van der Waals surface area contributed by atoms with Crippen LogP contribution in [0.3, 0.4) is 0 Å². The molecule has 0 aromatic heterocycles. The summed E-state index contributed by atoms with van der Waals surface area (Å²) in [6, 6.07) is 0. The van der Waals surface area contributed by atoms with Gasteiger partial charge in [0, 0.05) is 0 Å². The third-order valence-electron chi connectivity index (χ3n) is 12.3. The summed E-state index contributed by atoms with van der Waals surface area (Å²) < 4.78 is 0. The fourth-order valence-electron chi connectivity index (χ4n) is 10.3. The molecule has 0 radical (unpaired) electrons. The number of rotatable bonds is 4. The van der Waals surface area contributed by atoms with Crippen LogP contribution in [0.2, 0.25) is 0 Å². The van der Waals surface area contributed by atoms with Crippen LogP contribution in [0.5, 0.6) is 0 Å². The fraction of sp³-hybridized carbons (Fsp3) is 0.933. The molecule has 4 rings (SSSR count). The van der Waals surface area contributed by atoms with E-state index in [1.807, 2.05) is 0 Å². The minimum Gasteiger partial charge on any atom is -0.393 e. The molecular formula is C30H52O2. The number of hydrogen-bond donors (Lipinski definition) is 2. The molecule has 10 atom stereocenters. The summed E-state index contributed by atoms with van der Waals surface area (Å²) in [5.41, 5.74) is 2.17. The van der Waals surface area contributed by atoms with Crippen LogP contribution in [-0.4, -0.2) is 22.4 Å².